The van der Waals surface area contributed by atoms with Gasteiger partial charge >= 0.3 is 0 Å². The number of rotatable bonds is 4. The van der Waals surface area contributed by atoms with Crippen molar-refractivity contribution in [2.24, 2.45) is 5.41 Å². The molecule has 5 rings (SSSR count). The molecule has 2 unspecified atom stereocenters. The maximum absolute atomic E-state index is 13.8. The molecule has 184 valence electrons. The lowest BCUT2D eigenvalue weighted by molar-refractivity contribution is -0.385. The molecule has 2 amide bonds. The Morgan fingerprint density at radius 2 is 1.53 bits per heavy atom. The first-order valence-electron chi connectivity index (χ1n) is 11.2. The van der Waals surface area contributed by atoms with Crippen molar-refractivity contribution >= 4 is 34.2 Å². The molecular weight excluding hydrogens is 468 g/mol. The number of nitrogens with one attached hydrogen (secondary N) is 2. The van der Waals surface area contributed by atoms with E-state index in [1.54, 1.807) is 6.07 Å². The van der Waals surface area contributed by atoms with Crippen LogP contribution in [0.15, 0.2) is 42.5 Å². The standard InChI is InChI=1S/C24H22N6O6/c1-22(2)23(3)9-10-24(22,19-18(23)25-16-8-7-15(30(35)36)12-17(16)26-19)21(32)28-27-20(31)13-5-4-6-14(11-13)29(33)34/h4-8,11-12H,9-10H2,1-3H3,(H,27,31)(H,28,32). The topological polar surface area (TPSA) is 170 Å². The quantitative estimate of drug-likeness (QED) is 0.414. The number of carbonyl (C=O) groups excluding carboxylic acids is 2. The van der Waals surface area contributed by atoms with E-state index in [4.69, 9.17) is 9.97 Å². The van der Waals surface area contributed by atoms with E-state index in [0.29, 0.717) is 35.3 Å². The van der Waals surface area contributed by atoms with Gasteiger partial charge in [-0.15, -0.1) is 0 Å². The van der Waals surface area contributed by atoms with Gasteiger partial charge in [-0.25, -0.2) is 9.97 Å². The van der Waals surface area contributed by atoms with E-state index >= 15 is 0 Å². The molecule has 2 N–H and O–H groups in total. The van der Waals surface area contributed by atoms with Gasteiger partial charge in [0.05, 0.1) is 32.3 Å². The van der Waals surface area contributed by atoms with Crippen molar-refractivity contribution in [1.29, 1.82) is 0 Å². The fourth-order valence-corrected chi connectivity index (χ4v) is 5.76. The number of nitro groups is 2. The van der Waals surface area contributed by atoms with Gasteiger partial charge in [-0.2, -0.15) is 0 Å². The fraction of sp³-hybridized carbons (Fsp3) is 0.333. The molecule has 12 nitrogen and oxygen atoms in total. The highest BCUT2D eigenvalue weighted by molar-refractivity contribution is 5.98. The molecule has 1 aromatic heterocycles. The van der Waals surface area contributed by atoms with E-state index in [9.17, 15) is 29.8 Å². The molecular formula is C24H22N6O6. The highest BCUT2D eigenvalue weighted by Gasteiger charge is 2.73. The van der Waals surface area contributed by atoms with Gasteiger partial charge in [-0.3, -0.25) is 40.7 Å². The maximum atomic E-state index is 13.8. The first-order chi connectivity index (χ1) is 16.9. The third-order valence-corrected chi connectivity index (χ3v) is 8.23. The smallest absolute Gasteiger partial charge is 0.271 e. The first-order valence-corrected chi connectivity index (χ1v) is 11.2. The summed E-state index contributed by atoms with van der Waals surface area (Å²) in [5.41, 5.74) is 4.12. The van der Waals surface area contributed by atoms with Gasteiger partial charge in [-0.1, -0.05) is 26.8 Å². The van der Waals surface area contributed by atoms with Gasteiger partial charge in [-0.05, 0) is 30.4 Å². The Balaban J connectivity index is 1.52. The molecule has 1 heterocycles. The summed E-state index contributed by atoms with van der Waals surface area (Å²) in [5.74, 6) is -1.20. The van der Waals surface area contributed by atoms with Gasteiger partial charge < -0.3 is 0 Å². The Bertz CT molecular complexity index is 1500. The lowest BCUT2D eigenvalue weighted by atomic mass is 9.63. The monoisotopic (exact) mass is 490 g/mol. The number of hydrogen-bond donors (Lipinski definition) is 2. The number of non-ortho nitro benzene ring substituents is 2. The summed E-state index contributed by atoms with van der Waals surface area (Å²) in [4.78, 5) is 57.1. The van der Waals surface area contributed by atoms with Crippen molar-refractivity contribution in [2.45, 2.75) is 44.4 Å². The molecule has 0 radical (unpaired) electrons. The Kier molecular flexibility index (Phi) is 4.85. The molecule has 2 aliphatic carbocycles. The highest BCUT2D eigenvalue weighted by Crippen LogP contribution is 2.70. The maximum Gasteiger partial charge on any atom is 0.271 e. The number of hydrazine groups is 1. The lowest BCUT2D eigenvalue weighted by Crippen LogP contribution is -2.55. The fourth-order valence-electron chi connectivity index (χ4n) is 5.76. The molecule has 12 heteroatoms. The Hall–Kier alpha value is -4.48. The van der Waals surface area contributed by atoms with E-state index in [-0.39, 0.29) is 16.9 Å². The van der Waals surface area contributed by atoms with Crippen molar-refractivity contribution in [3.63, 3.8) is 0 Å². The molecule has 2 bridgehead atoms. The van der Waals surface area contributed by atoms with Crippen LogP contribution in [0.2, 0.25) is 0 Å². The van der Waals surface area contributed by atoms with Crippen molar-refractivity contribution < 1.29 is 19.4 Å². The zero-order chi connectivity index (χ0) is 26.0. The van der Waals surface area contributed by atoms with E-state index in [0.717, 1.165) is 6.07 Å². The van der Waals surface area contributed by atoms with Crippen LogP contribution in [0, 0.1) is 25.6 Å². The Morgan fingerprint density at radius 1 is 0.861 bits per heavy atom. The average Bonchev–Trinajstić information content (AvgIpc) is 3.15. The van der Waals surface area contributed by atoms with Crippen LogP contribution in [0.1, 0.15) is 55.4 Å². The number of benzene rings is 2. The molecule has 2 aliphatic rings. The average molecular weight is 490 g/mol. The van der Waals surface area contributed by atoms with E-state index in [1.165, 1.54) is 30.3 Å². The van der Waals surface area contributed by atoms with E-state index < -0.39 is 37.9 Å². The molecule has 36 heavy (non-hydrogen) atoms. The Morgan fingerprint density at radius 3 is 2.22 bits per heavy atom. The van der Waals surface area contributed by atoms with Crippen LogP contribution in [0.4, 0.5) is 11.4 Å². The second kappa shape index (κ2) is 7.51. The molecule has 0 aliphatic heterocycles. The minimum atomic E-state index is -1.15. The number of fused-ring (bicyclic) bond motifs is 6. The molecule has 2 atom stereocenters. The second-order valence-electron chi connectivity index (χ2n) is 9.93. The van der Waals surface area contributed by atoms with Crippen LogP contribution in [-0.4, -0.2) is 31.6 Å². The summed E-state index contributed by atoms with van der Waals surface area (Å²) in [7, 11) is 0. The Labute approximate surface area is 204 Å². The first kappa shape index (κ1) is 23.3. The number of hydrogen-bond acceptors (Lipinski definition) is 8. The number of amides is 2. The van der Waals surface area contributed by atoms with Gasteiger partial charge in [0, 0.05) is 35.2 Å². The molecule has 1 saturated carbocycles. The number of carbonyl (C=O) groups is 2. The number of nitro benzene ring substituents is 2. The van der Waals surface area contributed by atoms with Crippen LogP contribution in [-0.2, 0) is 15.6 Å². The van der Waals surface area contributed by atoms with Crippen LogP contribution >= 0.6 is 0 Å². The molecule has 2 aromatic carbocycles. The number of aromatic nitrogens is 2. The van der Waals surface area contributed by atoms with Crippen LogP contribution < -0.4 is 10.9 Å². The highest BCUT2D eigenvalue weighted by atomic mass is 16.6. The van der Waals surface area contributed by atoms with E-state index in [2.05, 4.69) is 10.9 Å². The largest absolute Gasteiger partial charge is 0.272 e. The summed E-state index contributed by atoms with van der Waals surface area (Å²) < 4.78 is 0. The predicted octanol–water partition coefficient (Wildman–Crippen LogP) is 3.24. The summed E-state index contributed by atoms with van der Waals surface area (Å²) in [6.45, 7) is 5.94. The third kappa shape index (κ3) is 2.93. The summed E-state index contributed by atoms with van der Waals surface area (Å²) in [5, 5.41) is 22.3. The zero-order valence-electron chi connectivity index (χ0n) is 19.7. The summed E-state index contributed by atoms with van der Waals surface area (Å²) in [6.07, 6.45) is 1.10. The van der Waals surface area contributed by atoms with Crippen LogP contribution in [0.3, 0.4) is 0 Å². The van der Waals surface area contributed by atoms with Crippen LogP contribution in [0.5, 0.6) is 0 Å². The minimum absolute atomic E-state index is 0.0161. The molecule has 1 fully saturated rings. The lowest BCUT2D eigenvalue weighted by Gasteiger charge is -2.39. The van der Waals surface area contributed by atoms with Crippen molar-refractivity contribution in [1.82, 2.24) is 20.8 Å². The van der Waals surface area contributed by atoms with Gasteiger partial charge in [0.15, 0.2) is 0 Å². The van der Waals surface area contributed by atoms with Crippen molar-refractivity contribution in [3.05, 3.63) is 79.6 Å². The minimum Gasteiger partial charge on any atom is -0.272 e. The molecule has 0 saturated heterocycles. The SMILES string of the molecule is CC12CCC(C(=O)NNC(=O)c3cccc([N+](=O)[O-])c3)(c3nc4cc([N+](=O)[O-])ccc4nc31)C2(C)C. The zero-order valence-corrected chi connectivity index (χ0v) is 19.7. The predicted molar refractivity (Wildman–Crippen MR) is 127 cm³/mol. The summed E-state index contributed by atoms with van der Waals surface area (Å²) >= 11 is 0. The van der Waals surface area contributed by atoms with Gasteiger partial charge in [0.25, 0.3) is 23.2 Å². The number of nitrogens with zero attached hydrogens (tertiary/aromatic N) is 4. The molecule has 3 aromatic rings. The second-order valence-corrected chi connectivity index (χ2v) is 9.93. The normalized spacial score (nSPS) is 23.2. The summed E-state index contributed by atoms with van der Waals surface area (Å²) in [6, 6.07) is 9.42. The van der Waals surface area contributed by atoms with Crippen LogP contribution in [0.25, 0.3) is 11.0 Å². The van der Waals surface area contributed by atoms with Gasteiger partial charge in [0.2, 0.25) is 0 Å². The van der Waals surface area contributed by atoms with Crippen molar-refractivity contribution in [2.75, 3.05) is 0 Å². The molecule has 0 spiro atoms. The van der Waals surface area contributed by atoms with E-state index in [1.807, 2.05) is 20.8 Å². The van der Waals surface area contributed by atoms with Crippen molar-refractivity contribution in [3.8, 4) is 0 Å². The van der Waals surface area contributed by atoms with Gasteiger partial charge in [0.1, 0.15) is 5.41 Å². The third-order valence-electron chi connectivity index (χ3n) is 8.23.